The summed E-state index contributed by atoms with van der Waals surface area (Å²) in [4.78, 5) is 30.1. The van der Waals surface area contributed by atoms with E-state index < -0.39 is 0 Å². The molecule has 8 nitrogen and oxygen atoms in total. The molecule has 0 aliphatic rings. The quantitative estimate of drug-likeness (QED) is 0.229. The zero-order chi connectivity index (χ0) is 28.7. The van der Waals surface area contributed by atoms with Crippen molar-refractivity contribution in [3.63, 3.8) is 0 Å². The van der Waals surface area contributed by atoms with Crippen LogP contribution in [0.3, 0.4) is 0 Å². The number of hydrogen-bond donors (Lipinski definition) is 1. The fourth-order valence-corrected chi connectivity index (χ4v) is 5.52. The van der Waals surface area contributed by atoms with Gasteiger partial charge in [-0.3, -0.25) is 9.20 Å². The van der Waals surface area contributed by atoms with E-state index in [0.717, 1.165) is 39.1 Å². The standard InChI is InChI=1S/C31H24N6O2S2/c1-18-15-23(39-3)13-14-24(18)25-17-32-29(37-27(38)16-26-34-30(40)33-19(2)36(26)31(37)41)35-28(25)22-11-9-21(10-12-22)20-7-5-4-6-8-20/h4-17H,1-3H3,(H,34,40). The minimum absolute atomic E-state index is 0.160. The van der Waals surface area contributed by atoms with Crippen LogP contribution in [0.5, 0.6) is 5.75 Å². The summed E-state index contributed by atoms with van der Waals surface area (Å²) in [6.07, 6.45) is 1.73. The number of aromatic nitrogens is 6. The molecular weight excluding hydrogens is 553 g/mol. The van der Waals surface area contributed by atoms with Gasteiger partial charge >= 0.3 is 0 Å². The fraction of sp³-hybridized carbons (Fsp3) is 0.0968. The van der Waals surface area contributed by atoms with Crippen molar-refractivity contribution in [1.82, 2.24) is 28.9 Å². The molecule has 1 N–H and O–H groups in total. The summed E-state index contributed by atoms with van der Waals surface area (Å²) in [5, 5.41) is 0. The molecule has 0 fully saturated rings. The lowest BCUT2D eigenvalue weighted by Gasteiger charge is -2.15. The first-order chi connectivity index (χ1) is 19.8. The van der Waals surface area contributed by atoms with Crippen molar-refractivity contribution < 1.29 is 4.74 Å². The molecule has 0 amide bonds. The number of aryl methyl sites for hydroxylation is 2. The molecule has 202 valence electrons. The Bertz CT molecular complexity index is 2120. The van der Waals surface area contributed by atoms with Crippen LogP contribution in [0.4, 0.5) is 0 Å². The molecule has 10 heteroatoms. The molecule has 6 rings (SSSR count). The van der Waals surface area contributed by atoms with Gasteiger partial charge in [-0.05, 0) is 72.7 Å². The number of rotatable bonds is 5. The molecule has 0 aliphatic carbocycles. The lowest BCUT2D eigenvalue weighted by atomic mass is 9.96. The Morgan fingerprint density at radius 2 is 1.54 bits per heavy atom. The number of H-pyrrole nitrogens is 1. The van der Waals surface area contributed by atoms with Crippen LogP contribution in [0, 0.1) is 23.4 Å². The van der Waals surface area contributed by atoms with E-state index in [0.29, 0.717) is 17.2 Å². The second-order valence-corrected chi connectivity index (χ2v) is 10.2. The average Bonchev–Trinajstić information content (AvgIpc) is 2.97. The van der Waals surface area contributed by atoms with Crippen molar-refractivity contribution in [2.75, 3.05) is 7.11 Å². The number of nitrogens with one attached hydrogen (secondary N) is 1. The number of ether oxygens (including phenoxy) is 1. The molecule has 0 spiro atoms. The van der Waals surface area contributed by atoms with Crippen molar-refractivity contribution in [1.29, 1.82) is 0 Å². The van der Waals surface area contributed by atoms with Crippen LogP contribution in [-0.2, 0) is 0 Å². The predicted octanol–water partition coefficient (Wildman–Crippen LogP) is 6.69. The third-order valence-corrected chi connectivity index (χ3v) is 7.45. The van der Waals surface area contributed by atoms with Gasteiger partial charge in [-0.15, -0.1) is 0 Å². The van der Waals surface area contributed by atoms with E-state index in [1.54, 1.807) is 24.6 Å². The lowest BCUT2D eigenvalue weighted by molar-refractivity contribution is 0.414. The molecule has 0 saturated heterocycles. The predicted molar refractivity (Wildman–Crippen MR) is 165 cm³/mol. The Balaban J connectivity index is 1.58. The second-order valence-electron chi connectivity index (χ2n) is 9.47. The number of methoxy groups -OCH3 is 1. The summed E-state index contributed by atoms with van der Waals surface area (Å²) in [6.45, 7) is 3.79. The van der Waals surface area contributed by atoms with Gasteiger partial charge in [0, 0.05) is 23.4 Å². The smallest absolute Gasteiger partial charge is 0.263 e. The molecule has 0 unspecified atom stereocenters. The number of benzene rings is 3. The SMILES string of the molecule is COc1ccc(-c2cnc(-n3c(=O)cc4[nH]c(=S)nc(C)n4c3=S)nc2-c2ccc(-c3ccccc3)cc2)c(C)c1. The normalized spacial score (nSPS) is 11.1. The average molecular weight is 577 g/mol. The number of fused-ring (bicyclic) bond motifs is 1. The molecular formula is C31H24N6O2S2. The van der Waals surface area contributed by atoms with Crippen molar-refractivity contribution in [3.05, 3.63) is 116 Å². The fourth-order valence-electron chi connectivity index (χ4n) is 4.88. The molecule has 3 aromatic heterocycles. The lowest BCUT2D eigenvalue weighted by Crippen LogP contribution is -2.24. The van der Waals surface area contributed by atoms with Gasteiger partial charge in [0.25, 0.3) is 5.56 Å². The summed E-state index contributed by atoms with van der Waals surface area (Å²) in [7, 11) is 1.64. The zero-order valence-corrected chi connectivity index (χ0v) is 24.1. The molecule has 0 radical (unpaired) electrons. The van der Waals surface area contributed by atoms with Gasteiger partial charge < -0.3 is 9.72 Å². The molecule has 6 aromatic rings. The maximum absolute atomic E-state index is 13.3. The van der Waals surface area contributed by atoms with Gasteiger partial charge in [-0.25, -0.2) is 19.5 Å². The van der Waals surface area contributed by atoms with Crippen LogP contribution in [0.25, 0.3) is 45.1 Å². The van der Waals surface area contributed by atoms with Gasteiger partial charge in [0.05, 0.1) is 12.8 Å². The molecule has 0 aliphatic heterocycles. The highest BCUT2D eigenvalue weighted by Gasteiger charge is 2.17. The van der Waals surface area contributed by atoms with Gasteiger partial charge in [0.15, 0.2) is 9.54 Å². The van der Waals surface area contributed by atoms with Crippen molar-refractivity contribution in [3.8, 4) is 45.2 Å². The maximum atomic E-state index is 13.3. The third kappa shape index (κ3) is 4.88. The number of hydrogen-bond acceptors (Lipinski definition) is 7. The van der Waals surface area contributed by atoms with Gasteiger partial charge in [-0.2, -0.15) is 0 Å². The summed E-state index contributed by atoms with van der Waals surface area (Å²) in [5.74, 6) is 1.47. The monoisotopic (exact) mass is 576 g/mol. The van der Waals surface area contributed by atoms with Crippen LogP contribution in [-0.4, -0.2) is 36.0 Å². The van der Waals surface area contributed by atoms with Crippen LogP contribution in [0.1, 0.15) is 11.4 Å². The van der Waals surface area contributed by atoms with E-state index in [2.05, 4.69) is 39.2 Å². The first kappa shape index (κ1) is 26.4. The molecule has 0 bridgehead atoms. The van der Waals surface area contributed by atoms with Crippen LogP contribution in [0.2, 0.25) is 0 Å². The van der Waals surface area contributed by atoms with Crippen molar-refractivity contribution >= 4 is 30.1 Å². The number of nitrogens with zero attached hydrogens (tertiary/aromatic N) is 5. The second kappa shape index (κ2) is 10.6. The highest BCUT2D eigenvalue weighted by molar-refractivity contribution is 7.71. The topological polar surface area (TPSA) is 90.1 Å². The third-order valence-electron chi connectivity index (χ3n) is 6.89. The summed E-state index contributed by atoms with van der Waals surface area (Å²) >= 11 is 10.9. The van der Waals surface area contributed by atoms with Gasteiger partial charge in [-0.1, -0.05) is 60.7 Å². The summed E-state index contributed by atoms with van der Waals surface area (Å²) < 4.78 is 8.82. The molecule has 0 atom stereocenters. The maximum Gasteiger partial charge on any atom is 0.263 e. The minimum Gasteiger partial charge on any atom is -0.497 e. The van der Waals surface area contributed by atoms with Crippen LogP contribution >= 0.6 is 24.4 Å². The molecule has 41 heavy (non-hydrogen) atoms. The van der Waals surface area contributed by atoms with Gasteiger partial charge in [0.2, 0.25) is 5.95 Å². The van der Waals surface area contributed by atoms with E-state index >= 15 is 0 Å². The Kier molecular flexibility index (Phi) is 6.86. The van der Waals surface area contributed by atoms with Crippen LogP contribution in [0.15, 0.2) is 89.9 Å². The van der Waals surface area contributed by atoms with Crippen molar-refractivity contribution in [2.45, 2.75) is 13.8 Å². The molecule has 3 aromatic carbocycles. The Morgan fingerprint density at radius 3 is 2.24 bits per heavy atom. The Labute approximate surface area is 245 Å². The largest absolute Gasteiger partial charge is 0.497 e. The van der Waals surface area contributed by atoms with E-state index in [4.69, 9.17) is 34.2 Å². The van der Waals surface area contributed by atoms with Crippen LogP contribution < -0.4 is 10.3 Å². The molecule has 3 heterocycles. The van der Waals surface area contributed by atoms with E-state index in [-0.39, 0.29) is 21.0 Å². The van der Waals surface area contributed by atoms with Crippen molar-refractivity contribution in [2.24, 2.45) is 0 Å². The number of aromatic amines is 1. The van der Waals surface area contributed by atoms with Gasteiger partial charge in [0.1, 0.15) is 17.2 Å². The Morgan fingerprint density at radius 1 is 0.829 bits per heavy atom. The Hall–Kier alpha value is -4.80. The minimum atomic E-state index is -0.384. The first-order valence-corrected chi connectivity index (χ1v) is 13.6. The zero-order valence-electron chi connectivity index (χ0n) is 22.5. The highest BCUT2D eigenvalue weighted by Crippen LogP contribution is 2.35. The first-order valence-electron chi connectivity index (χ1n) is 12.8. The molecule has 0 saturated carbocycles. The summed E-state index contributed by atoms with van der Waals surface area (Å²) in [6, 6.07) is 25.6. The van der Waals surface area contributed by atoms with E-state index in [9.17, 15) is 4.79 Å². The highest BCUT2D eigenvalue weighted by atomic mass is 32.1. The van der Waals surface area contributed by atoms with E-state index in [1.165, 1.54) is 10.6 Å². The summed E-state index contributed by atoms with van der Waals surface area (Å²) in [5.41, 5.74) is 6.57. The van der Waals surface area contributed by atoms with E-state index in [1.807, 2.05) is 55.5 Å².